The van der Waals surface area contributed by atoms with Gasteiger partial charge in [0.2, 0.25) is 0 Å². The van der Waals surface area contributed by atoms with E-state index in [1.807, 2.05) is 6.20 Å². The van der Waals surface area contributed by atoms with Crippen LogP contribution in [0.2, 0.25) is 0 Å². The number of aromatic nitrogens is 2. The zero-order chi connectivity index (χ0) is 23.9. The number of para-hydroxylation sites is 1. The summed E-state index contributed by atoms with van der Waals surface area (Å²) in [6, 6.07) is 20.3. The molecule has 2 atom stereocenters. The van der Waals surface area contributed by atoms with Gasteiger partial charge in [-0.3, -0.25) is 9.88 Å². The maximum absolute atomic E-state index is 5.47. The van der Waals surface area contributed by atoms with Crippen LogP contribution >= 0.6 is 0 Å². The van der Waals surface area contributed by atoms with Crippen LogP contribution in [-0.2, 0) is 13.0 Å². The van der Waals surface area contributed by atoms with Gasteiger partial charge in [-0.25, -0.2) is 0 Å². The van der Waals surface area contributed by atoms with Crippen molar-refractivity contribution in [2.24, 2.45) is 0 Å². The Labute approximate surface area is 207 Å². The molecular weight excluding hydrogens is 432 g/mol. The van der Waals surface area contributed by atoms with E-state index in [4.69, 9.17) is 9.72 Å². The fourth-order valence-electron chi connectivity index (χ4n) is 6.21. The Morgan fingerprint density at radius 2 is 1.94 bits per heavy atom. The molecule has 5 heteroatoms. The van der Waals surface area contributed by atoms with Crippen LogP contribution in [0.4, 0.5) is 0 Å². The Hall–Kier alpha value is -3.15. The fraction of sp³-hybridized carbons (Fsp3) is 0.367. The van der Waals surface area contributed by atoms with Gasteiger partial charge in [0.25, 0.3) is 0 Å². The minimum Gasteiger partial charge on any atom is -0.497 e. The molecule has 180 valence electrons. The van der Waals surface area contributed by atoms with Crippen molar-refractivity contribution in [3.8, 4) is 17.0 Å². The molecule has 4 heterocycles. The van der Waals surface area contributed by atoms with E-state index in [-0.39, 0.29) is 12.1 Å². The van der Waals surface area contributed by atoms with Crippen LogP contribution in [0.5, 0.6) is 5.75 Å². The first kappa shape index (κ1) is 22.3. The van der Waals surface area contributed by atoms with Crippen LogP contribution in [-0.4, -0.2) is 41.2 Å². The molecule has 0 amide bonds. The zero-order valence-electron chi connectivity index (χ0n) is 20.9. The van der Waals surface area contributed by atoms with Crippen LogP contribution in [0.15, 0.2) is 60.8 Å². The molecule has 0 radical (unpaired) electrons. The van der Waals surface area contributed by atoms with Gasteiger partial charge in [0, 0.05) is 49.4 Å². The van der Waals surface area contributed by atoms with Gasteiger partial charge in [-0.15, -0.1) is 0 Å². The third kappa shape index (κ3) is 3.83. The third-order valence-electron chi connectivity index (χ3n) is 7.87. The smallest absolute Gasteiger partial charge is 0.118 e. The molecule has 1 saturated heterocycles. The van der Waals surface area contributed by atoms with Gasteiger partial charge in [-0.2, -0.15) is 0 Å². The van der Waals surface area contributed by atoms with Gasteiger partial charge in [0.15, 0.2) is 0 Å². The van der Waals surface area contributed by atoms with Crippen molar-refractivity contribution in [1.29, 1.82) is 0 Å². The summed E-state index contributed by atoms with van der Waals surface area (Å²) in [7, 11) is 1.73. The molecule has 1 fully saturated rings. The molecule has 2 aromatic carbocycles. The lowest BCUT2D eigenvalue weighted by Gasteiger charge is -2.40. The summed E-state index contributed by atoms with van der Waals surface area (Å²) in [5, 5.41) is 5.02. The molecular formula is C30H34N4O. The van der Waals surface area contributed by atoms with Crippen LogP contribution in [0.3, 0.4) is 0 Å². The summed E-state index contributed by atoms with van der Waals surface area (Å²) in [5.41, 5.74) is 9.37. The normalized spacial score (nSPS) is 19.1. The Morgan fingerprint density at radius 1 is 1.09 bits per heavy atom. The second-order valence-electron chi connectivity index (χ2n) is 9.95. The molecule has 1 N–H and O–H groups in total. The standard InChI is InChI=1S/C30H34N4O/c1-20-13-14-32-26(18-20)27-19-31-15-17-33(27)21(2)28-25-8-4-6-22-7-5-16-34(29(22)25)30(28)23-9-11-24(35-3)12-10-23/h4,6,8-14,18,21,27,31H,5,7,15-17,19H2,1-3H3. The van der Waals surface area contributed by atoms with E-state index in [9.17, 15) is 0 Å². The maximum atomic E-state index is 5.47. The van der Waals surface area contributed by atoms with Crippen LogP contribution in [0, 0.1) is 6.92 Å². The highest BCUT2D eigenvalue weighted by Gasteiger charge is 2.34. The lowest BCUT2D eigenvalue weighted by Crippen LogP contribution is -2.47. The van der Waals surface area contributed by atoms with Crippen molar-refractivity contribution < 1.29 is 4.74 Å². The highest BCUT2D eigenvalue weighted by Crippen LogP contribution is 2.44. The van der Waals surface area contributed by atoms with Crippen molar-refractivity contribution in [1.82, 2.24) is 19.8 Å². The van der Waals surface area contributed by atoms with E-state index in [2.05, 4.69) is 83.2 Å². The van der Waals surface area contributed by atoms with Crippen LogP contribution in [0.1, 0.15) is 47.8 Å². The van der Waals surface area contributed by atoms with Crippen LogP contribution in [0.25, 0.3) is 22.2 Å². The summed E-state index contributed by atoms with van der Waals surface area (Å²) in [6.45, 7) is 8.52. The second-order valence-corrected chi connectivity index (χ2v) is 9.95. The minimum atomic E-state index is 0.245. The lowest BCUT2D eigenvalue weighted by atomic mass is 9.95. The number of ether oxygens (including phenoxy) is 1. The number of nitrogens with one attached hydrogen (secondary N) is 1. The summed E-state index contributed by atoms with van der Waals surface area (Å²) >= 11 is 0. The molecule has 2 unspecified atom stereocenters. The van der Waals surface area contributed by atoms with Gasteiger partial charge in [-0.05, 0) is 79.8 Å². The van der Waals surface area contributed by atoms with Crippen molar-refractivity contribution in [3.63, 3.8) is 0 Å². The van der Waals surface area contributed by atoms with Gasteiger partial charge in [0.05, 0.1) is 30.1 Å². The number of hydrogen-bond donors (Lipinski definition) is 1. The number of pyridine rings is 1. The van der Waals surface area contributed by atoms with Gasteiger partial charge < -0.3 is 14.6 Å². The Morgan fingerprint density at radius 3 is 2.74 bits per heavy atom. The average molecular weight is 467 g/mol. The van der Waals surface area contributed by atoms with Gasteiger partial charge in [0.1, 0.15) is 5.75 Å². The van der Waals surface area contributed by atoms with E-state index in [0.717, 1.165) is 44.0 Å². The summed E-state index contributed by atoms with van der Waals surface area (Å²) in [6.07, 6.45) is 4.29. The van der Waals surface area contributed by atoms with Crippen molar-refractivity contribution in [3.05, 3.63) is 83.2 Å². The van der Waals surface area contributed by atoms with Crippen LogP contribution < -0.4 is 10.1 Å². The van der Waals surface area contributed by atoms with E-state index in [1.165, 1.54) is 45.3 Å². The van der Waals surface area contributed by atoms with Crippen molar-refractivity contribution >= 4 is 10.9 Å². The first-order valence-corrected chi connectivity index (χ1v) is 12.8. The monoisotopic (exact) mass is 466 g/mol. The SMILES string of the molecule is COc1ccc(-c2c(C(C)N3CCNCC3c3cc(C)ccn3)c3cccc4c3n2CCC4)cc1. The minimum absolute atomic E-state index is 0.245. The van der Waals surface area contributed by atoms with E-state index in [1.54, 1.807) is 7.11 Å². The maximum Gasteiger partial charge on any atom is 0.118 e. The molecule has 6 rings (SSSR count). The molecule has 2 aromatic heterocycles. The Kier molecular flexibility index (Phi) is 5.83. The van der Waals surface area contributed by atoms with Crippen molar-refractivity contribution in [2.45, 2.75) is 45.3 Å². The molecule has 0 saturated carbocycles. The molecule has 35 heavy (non-hydrogen) atoms. The number of hydrogen-bond acceptors (Lipinski definition) is 4. The number of rotatable bonds is 5. The Balaban J connectivity index is 1.53. The number of benzene rings is 2. The van der Waals surface area contributed by atoms with Crippen molar-refractivity contribution in [2.75, 3.05) is 26.7 Å². The van der Waals surface area contributed by atoms with Gasteiger partial charge >= 0.3 is 0 Å². The molecule has 5 nitrogen and oxygen atoms in total. The third-order valence-corrected chi connectivity index (χ3v) is 7.87. The lowest BCUT2D eigenvalue weighted by molar-refractivity contribution is 0.113. The molecule has 0 bridgehead atoms. The molecule has 4 aromatic rings. The summed E-state index contributed by atoms with van der Waals surface area (Å²) in [5.74, 6) is 0.895. The van der Waals surface area contributed by atoms with E-state index < -0.39 is 0 Å². The molecule has 0 aliphatic carbocycles. The number of piperazine rings is 1. The molecule has 2 aliphatic rings. The van der Waals surface area contributed by atoms with E-state index >= 15 is 0 Å². The first-order chi connectivity index (χ1) is 17.2. The highest BCUT2D eigenvalue weighted by molar-refractivity contribution is 5.95. The number of aryl methyl sites for hydroxylation is 3. The average Bonchev–Trinajstić information content (AvgIpc) is 3.24. The predicted molar refractivity (Wildman–Crippen MR) is 142 cm³/mol. The first-order valence-electron chi connectivity index (χ1n) is 12.8. The quantitative estimate of drug-likeness (QED) is 0.411. The van der Waals surface area contributed by atoms with Gasteiger partial charge in [-0.1, -0.05) is 18.2 Å². The fourth-order valence-corrected chi connectivity index (χ4v) is 6.21. The predicted octanol–water partition coefficient (Wildman–Crippen LogP) is 5.67. The topological polar surface area (TPSA) is 42.3 Å². The zero-order valence-corrected chi connectivity index (χ0v) is 20.9. The summed E-state index contributed by atoms with van der Waals surface area (Å²) < 4.78 is 8.05. The van der Waals surface area contributed by atoms with E-state index in [0.29, 0.717) is 0 Å². The Bertz CT molecular complexity index is 1360. The molecule has 2 aliphatic heterocycles. The second kappa shape index (κ2) is 9.14. The molecule has 0 spiro atoms. The largest absolute Gasteiger partial charge is 0.497 e. The summed E-state index contributed by atoms with van der Waals surface area (Å²) in [4.78, 5) is 7.46. The number of nitrogens with zero attached hydrogens (tertiary/aromatic N) is 3. The number of methoxy groups -OCH3 is 1. The highest BCUT2D eigenvalue weighted by atomic mass is 16.5.